The molecule has 0 saturated carbocycles. The molecule has 1 aromatic heterocycles. The number of carbonyl (C=O) groups is 2. The number of pyridine rings is 1. The number of fused-ring (bicyclic) bond motifs is 1. The third-order valence-electron chi connectivity index (χ3n) is 3.82. The first-order chi connectivity index (χ1) is 12.9. The Labute approximate surface area is 164 Å². The van der Waals surface area contributed by atoms with E-state index >= 15 is 0 Å². The van der Waals surface area contributed by atoms with Crippen molar-refractivity contribution in [2.75, 3.05) is 11.9 Å². The highest BCUT2D eigenvalue weighted by atomic mass is 35.5. The van der Waals surface area contributed by atoms with Crippen LogP contribution in [0, 0.1) is 6.92 Å². The van der Waals surface area contributed by atoms with E-state index in [2.05, 4.69) is 10.3 Å². The molecule has 2 N–H and O–H groups in total. The molecule has 6 nitrogen and oxygen atoms in total. The van der Waals surface area contributed by atoms with Crippen molar-refractivity contribution in [3.05, 3.63) is 63.8 Å². The summed E-state index contributed by atoms with van der Waals surface area (Å²) in [4.78, 5) is 28.3. The van der Waals surface area contributed by atoms with Gasteiger partial charge in [-0.05, 0) is 24.4 Å². The van der Waals surface area contributed by atoms with Crippen LogP contribution >= 0.6 is 23.2 Å². The van der Waals surface area contributed by atoms with Crippen LogP contribution in [0.1, 0.15) is 16.1 Å². The molecular formula is C19H14Cl2N2O4. The third kappa shape index (κ3) is 4.13. The van der Waals surface area contributed by atoms with Crippen LogP contribution in [0.25, 0.3) is 10.8 Å². The topological polar surface area (TPSA) is 88.5 Å². The molecule has 3 rings (SSSR count). The monoisotopic (exact) mass is 404 g/mol. The molecule has 27 heavy (non-hydrogen) atoms. The summed E-state index contributed by atoms with van der Waals surface area (Å²) in [7, 11) is 0. The van der Waals surface area contributed by atoms with Gasteiger partial charge in [0.1, 0.15) is 11.3 Å². The van der Waals surface area contributed by atoms with Gasteiger partial charge in [-0.1, -0.05) is 53.5 Å². The van der Waals surface area contributed by atoms with Crippen LogP contribution in [0.5, 0.6) is 5.75 Å². The number of phenols is 1. The van der Waals surface area contributed by atoms with Crippen molar-refractivity contribution < 1.29 is 19.4 Å². The molecule has 1 heterocycles. The van der Waals surface area contributed by atoms with Gasteiger partial charge in [-0.2, -0.15) is 0 Å². The summed E-state index contributed by atoms with van der Waals surface area (Å²) in [6.45, 7) is 1.10. The fraction of sp³-hybridized carbons (Fsp3) is 0.105. The molecule has 8 heteroatoms. The second-order valence-corrected chi connectivity index (χ2v) is 6.51. The molecule has 3 aromatic rings. The van der Waals surface area contributed by atoms with Crippen LogP contribution in [-0.4, -0.2) is 28.6 Å². The van der Waals surface area contributed by atoms with Crippen LogP contribution in [-0.2, 0) is 9.53 Å². The zero-order valence-corrected chi connectivity index (χ0v) is 15.6. The summed E-state index contributed by atoms with van der Waals surface area (Å²) in [6.07, 6.45) is 0. The lowest BCUT2D eigenvalue weighted by Gasteiger charge is -2.10. The van der Waals surface area contributed by atoms with E-state index in [1.165, 1.54) is 12.1 Å². The Morgan fingerprint density at radius 1 is 1.15 bits per heavy atom. The number of aromatic nitrogens is 1. The molecule has 138 valence electrons. The Bertz CT molecular complexity index is 1050. The summed E-state index contributed by atoms with van der Waals surface area (Å²) >= 11 is 11.9. The van der Waals surface area contributed by atoms with Crippen molar-refractivity contribution in [2.45, 2.75) is 6.92 Å². The molecule has 0 aliphatic carbocycles. The Balaban J connectivity index is 1.68. The number of rotatable bonds is 4. The molecule has 1 amide bonds. The number of halogens is 2. The molecule has 0 saturated heterocycles. The van der Waals surface area contributed by atoms with E-state index in [4.69, 9.17) is 27.9 Å². The number of benzene rings is 2. The predicted molar refractivity (Wildman–Crippen MR) is 104 cm³/mol. The van der Waals surface area contributed by atoms with Crippen LogP contribution in [0.2, 0.25) is 10.0 Å². The molecule has 0 bridgehead atoms. The number of hydrogen-bond donors (Lipinski definition) is 2. The molecule has 0 radical (unpaired) electrons. The molecule has 0 aliphatic rings. The summed E-state index contributed by atoms with van der Waals surface area (Å²) in [6, 6.07) is 11.6. The quantitative estimate of drug-likeness (QED) is 0.630. The fourth-order valence-corrected chi connectivity index (χ4v) is 2.85. The molecule has 0 unspecified atom stereocenters. The van der Waals surface area contributed by atoms with Crippen molar-refractivity contribution in [2.24, 2.45) is 0 Å². The highest BCUT2D eigenvalue weighted by molar-refractivity contribution is 6.36. The Hall–Kier alpha value is -2.83. The van der Waals surface area contributed by atoms with E-state index in [1.807, 2.05) is 12.1 Å². The van der Waals surface area contributed by atoms with Crippen LogP contribution < -0.4 is 5.32 Å². The third-order valence-corrected chi connectivity index (χ3v) is 4.49. The standard InChI is InChI=1S/C19H14Cl2N2O4/c1-10-14(20)8-15(21)18(22-10)23-16(24)9-27-19(26)13-7-6-11-4-2-3-5-12(11)17(13)25/h2-8,25H,9H2,1H3,(H,22,23,24). The highest BCUT2D eigenvalue weighted by Gasteiger charge is 2.17. The number of nitrogens with zero attached hydrogens (tertiary/aromatic N) is 1. The number of esters is 1. The van der Waals surface area contributed by atoms with Crippen LogP contribution in [0.15, 0.2) is 42.5 Å². The van der Waals surface area contributed by atoms with E-state index in [9.17, 15) is 14.7 Å². The van der Waals surface area contributed by atoms with E-state index in [1.54, 1.807) is 25.1 Å². The number of phenolic OH excluding ortho intramolecular Hbond substituents is 1. The van der Waals surface area contributed by atoms with Gasteiger partial charge in [-0.3, -0.25) is 4.79 Å². The molecule has 0 fully saturated rings. The molecule has 0 atom stereocenters. The Kier molecular flexibility index (Phi) is 5.48. The smallest absolute Gasteiger partial charge is 0.342 e. The van der Waals surface area contributed by atoms with E-state index in [-0.39, 0.29) is 22.2 Å². The zero-order chi connectivity index (χ0) is 19.6. The number of hydrogen-bond acceptors (Lipinski definition) is 5. The molecule has 0 aliphatic heterocycles. The lowest BCUT2D eigenvalue weighted by Crippen LogP contribution is -2.22. The van der Waals surface area contributed by atoms with Gasteiger partial charge in [-0.25, -0.2) is 9.78 Å². The van der Waals surface area contributed by atoms with Crippen molar-refractivity contribution in [1.29, 1.82) is 0 Å². The first kappa shape index (κ1) is 18.9. The maximum Gasteiger partial charge on any atom is 0.342 e. The summed E-state index contributed by atoms with van der Waals surface area (Å²) in [5.41, 5.74) is 0.467. The van der Waals surface area contributed by atoms with Crippen molar-refractivity contribution >= 4 is 51.7 Å². The van der Waals surface area contributed by atoms with Crippen molar-refractivity contribution in [3.63, 3.8) is 0 Å². The first-order valence-electron chi connectivity index (χ1n) is 7.87. The lowest BCUT2D eigenvalue weighted by molar-refractivity contribution is -0.119. The number of aromatic hydroxyl groups is 1. The average molecular weight is 405 g/mol. The molecule has 0 spiro atoms. The predicted octanol–water partition coefficient (Wildman–Crippen LogP) is 4.35. The number of carbonyl (C=O) groups excluding carboxylic acids is 2. The van der Waals surface area contributed by atoms with Gasteiger partial charge in [0, 0.05) is 5.39 Å². The summed E-state index contributed by atoms with van der Waals surface area (Å²) < 4.78 is 4.98. The summed E-state index contributed by atoms with van der Waals surface area (Å²) in [5, 5.41) is 14.6. The largest absolute Gasteiger partial charge is 0.506 e. The number of amides is 1. The van der Waals surface area contributed by atoms with Gasteiger partial charge < -0.3 is 15.2 Å². The normalized spacial score (nSPS) is 10.6. The fourth-order valence-electron chi connectivity index (χ4n) is 2.44. The maximum atomic E-state index is 12.2. The Morgan fingerprint density at radius 3 is 2.67 bits per heavy atom. The minimum absolute atomic E-state index is 0.0278. The van der Waals surface area contributed by atoms with Gasteiger partial charge in [-0.15, -0.1) is 0 Å². The van der Waals surface area contributed by atoms with Crippen molar-refractivity contribution in [1.82, 2.24) is 4.98 Å². The highest BCUT2D eigenvalue weighted by Crippen LogP contribution is 2.29. The SMILES string of the molecule is Cc1nc(NC(=O)COC(=O)c2ccc3ccccc3c2O)c(Cl)cc1Cl. The minimum Gasteiger partial charge on any atom is -0.506 e. The number of aryl methyl sites for hydroxylation is 1. The maximum absolute atomic E-state index is 12.2. The van der Waals surface area contributed by atoms with Gasteiger partial charge in [0.25, 0.3) is 5.91 Å². The van der Waals surface area contributed by atoms with Crippen LogP contribution in [0.3, 0.4) is 0 Å². The average Bonchev–Trinajstić information content (AvgIpc) is 2.65. The first-order valence-corrected chi connectivity index (χ1v) is 8.62. The molecule has 2 aromatic carbocycles. The minimum atomic E-state index is -0.820. The Morgan fingerprint density at radius 2 is 1.89 bits per heavy atom. The van der Waals surface area contributed by atoms with Gasteiger partial charge in [0.2, 0.25) is 0 Å². The van der Waals surface area contributed by atoms with E-state index < -0.39 is 18.5 Å². The van der Waals surface area contributed by atoms with Gasteiger partial charge >= 0.3 is 5.97 Å². The van der Waals surface area contributed by atoms with Crippen LogP contribution in [0.4, 0.5) is 5.82 Å². The van der Waals surface area contributed by atoms with E-state index in [0.717, 1.165) is 5.39 Å². The van der Waals surface area contributed by atoms with Gasteiger partial charge in [0.05, 0.1) is 15.7 Å². The van der Waals surface area contributed by atoms with Crippen molar-refractivity contribution in [3.8, 4) is 5.75 Å². The number of ether oxygens (including phenoxy) is 1. The van der Waals surface area contributed by atoms with E-state index in [0.29, 0.717) is 16.1 Å². The zero-order valence-electron chi connectivity index (χ0n) is 14.1. The molecular weight excluding hydrogens is 391 g/mol. The number of nitrogens with one attached hydrogen (secondary N) is 1. The second-order valence-electron chi connectivity index (χ2n) is 5.69. The summed E-state index contributed by atoms with van der Waals surface area (Å²) in [5.74, 6) is -1.52. The second kappa shape index (κ2) is 7.82. The lowest BCUT2D eigenvalue weighted by atomic mass is 10.1. The van der Waals surface area contributed by atoms with Gasteiger partial charge in [0.15, 0.2) is 12.4 Å². The number of anilines is 1.